The van der Waals surface area contributed by atoms with Crippen LogP contribution in [-0.4, -0.2) is 58.7 Å². The predicted molar refractivity (Wildman–Crippen MR) is 62.8 cm³/mol. The van der Waals surface area contributed by atoms with Crippen molar-refractivity contribution in [3.8, 4) is 0 Å². The van der Waals surface area contributed by atoms with Gasteiger partial charge in [-0.15, -0.1) is 0 Å². The zero-order valence-corrected chi connectivity index (χ0v) is 10.7. The summed E-state index contributed by atoms with van der Waals surface area (Å²) in [5, 5.41) is 12.4. The summed E-state index contributed by atoms with van der Waals surface area (Å²) >= 11 is 0. The summed E-state index contributed by atoms with van der Waals surface area (Å²) in [6.45, 7) is 4.31. The zero-order chi connectivity index (χ0) is 12.4. The molecule has 0 spiro atoms. The van der Waals surface area contributed by atoms with Gasteiger partial charge in [-0.05, 0) is 19.9 Å². The normalized spacial score (nSPS) is 13.9. The molecule has 0 heterocycles. The van der Waals surface area contributed by atoms with E-state index in [1.807, 2.05) is 6.92 Å². The third-order valence-electron chi connectivity index (χ3n) is 1.79. The van der Waals surface area contributed by atoms with Crippen LogP contribution in [0.4, 0.5) is 0 Å². The molecule has 0 rings (SSSR count). The fourth-order valence-corrected chi connectivity index (χ4v) is 1.57. The van der Waals surface area contributed by atoms with Crippen molar-refractivity contribution in [3.63, 3.8) is 0 Å². The van der Waals surface area contributed by atoms with Gasteiger partial charge in [0.05, 0.1) is 19.0 Å². The molecule has 0 amide bonds. The van der Waals surface area contributed by atoms with Gasteiger partial charge >= 0.3 is 0 Å². The standard InChI is InChI=1S/C9H22N2O4S/c1-3-15-8-9(12)7-10-5-4-6-11-16(2,13)14/h9-12H,3-8H2,1-2H3. The molecule has 7 heteroatoms. The molecule has 16 heavy (non-hydrogen) atoms. The highest BCUT2D eigenvalue weighted by atomic mass is 32.2. The van der Waals surface area contributed by atoms with E-state index >= 15 is 0 Å². The molecule has 1 atom stereocenters. The Bertz CT molecular complexity index is 256. The van der Waals surface area contributed by atoms with Crippen LogP contribution in [0.15, 0.2) is 0 Å². The maximum atomic E-state index is 10.7. The summed E-state index contributed by atoms with van der Waals surface area (Å²) in [5.41, 5.74) is 0. The Labute approximate surface area is 97.4 Å². The van der Waals surface area contributed by atoms with Gasteiger partial charge in [0.1, 0.15) is 0 Å². The first-order valence-electron chi connectivity index (χ1n) is 5.37. The minimum absolute atomic E-state index is 0.324. The van der Waals surface area contributed by atoms with Gasteiger partial charge in [-0.3, -0.25) is 0 Å². The highest BCUT2D eigenvalue weighted by Gasteiger charge is 2.03. The van der Waals surface area contributed by atoms with E-state index in [4.69, 9.17) is 4.74 Å². The lowest BCUT2D eigenvalue weighted by Gasteiger charge is -2.11. The van der Waals surface area contributed by atoms with E-state index in [1.165, 1.54) is 0 Å². The van der Waals surface area contributed by atoms with Crippen LogP contribution in [0.2, 0.25) is 0 Å². The quantitative estimate of drug-likeness (QED) is 0.431. The Kier molecular flexibility index (Phi) is 8.77. The van der Waals surface area contributed by atoms with Crippen LogP contribution >= 0.6 is 0 Å². The third kappa shape index (κ3) is 11.9. The van der Waals surface area contributed by atoms with Gasteiger partial charge in [0.15, 0.2) is 0 Å². The number of hydrogen-bond donors (Lipinski definition) is 3. The molecule has 0 fully saturated rings. The smallest absolute Gasteiger partial charge is 0.208 e. The lowest BCUT2D eigenvalue weighted by atomic mass is 10.3. The molecule has 0 bridgehead atoms. The highest BCUT2D eigenvalue weighted by Crippen LogP contribution is 1.84. The fraction of sp³-hybridized carbons (Fsp3) is 1.00. The van der Waals surface area contributed by atoms with E-state index in [-0.39, 0.29) is 0 Å². The summed E-state index contributed by atoms with van der Waals surface area (Å²) in [4.78, 5) is 0. The number of rotatable bonds is 10. The van der Waals surface area contributed by atoms with Gasteiger partial charge in [0.2, 0.25) is 10.0 Å². The molecule has 1 unspecified atom stereocenters. The monoisotopic (exact) mass is 254 g/mol. The minimum Gasteiger partial charge on any atom is -0.389 e. The second-order valence-electron chi connectivity index (χ2n) is 3.54. The lowest BCUT2D eigenvalue weighted by Crippen LogP contribution is -2.32. The molecule has 0 aliphatic carbocycles. The van der Waals surface area contributed by atoms with Gasteiger partial charge in [0.25, 0.3) is 0 Å². The number of ether oxygens (including phenoxy) is 1. The number of aliphatic hydroxyl groups is 1. The number of hydrogen-bond acceptors (Lipinski definition) is 5. The summed E-state index contributed by atoms with van der Waals surface area (Å²) in [6, 6.07) is 0. The maximum Gasteiger partial charge on any atom is 0.208 e. The first-order chi connectivity index (χ1) is 7.45. The lowest BCUT2D eigenvalue weighted by molar-refractivity contribution is 0.0429. The molecule has 0 saturated heterocycles. The Morgan fingerprint density at radius 3 is 2.62 bits per heavy atom. The van der Waals surface area contributed by atoms with Crippen LogP contribution in [0, 0.1) is 0 Å². The van der Waals surface area contributed by atoms with Gasteiger partial charge in [-0.2, -0.15) is 0 Å². The third-order valence-corrected chi connectivity index (χ3v) is 2.52. The average molecular weight is 254 g/mol. The maximum absolute atomic E-state index is 10.7. The van der Waals surface area contributed by atoms with Gasteiger partial charge < -0.3 is 15.2 Å². The first kappa shape index (κ1) is 15.8. The molecule has 0 aromatic heterocycles. The predicted octanol–water partition coefficient (Wildman–Crippen LogP) is -1.09. The number of aliphatic hydroxyl groups excluding tert-OH is 1. The van der Waals surface area contributed by atoms with Crippen LogP contribution in [-0.2, 0) is 14.8 Å². The zero-order valence-electron chi connectivity index (χ0n) is 9.90. The first-order valence-corrected chi connectivity index (χ1v) is 7.26. The van der Waals surface area contributed by atoms with Gasteiger partial charge in [-0.25, -0.2) is 13.1 Å². The molecular weight excluding hydrogens is 232 g/mol. The van der Waals surface area contributed by atoms with Crippen molar-refractivity contribution in [3.05, 3.63) is 0 Å². The SMILES string of the molecule is CCOCC(O)CNCCCNS(C)(=O)=O. The summed E-state index contributed by atoms with van der Waals surface area (Å²) in [7, 11) is -3.09. The van der Waals surface area contributed by atoms with Crippen molar-refractivity contribution in [1.82, 2.24) is 10.0 Å². The van der Waals surface area contributed by atoms with Crippen molar-refractivity contribution in [2.75, 3.05) is 39.1 Å². The van der Waals surface area contributed by atoms with E-state index < -0.39 is 16.1 Å². The second kappa shape index (κ2) is 8.89. The minimum atomic E-state index is -3.09. The fourth-order valence-electron chi connectivity index (χ4n) is 1.05. The molecule has 0 aromatic rings. The molecule has 0 saturated carbocycles. The molecule has 0 aliphatic heterocycles. The highest BCUT2D eigenvalue weighted by molar-refractivity contribution is 7.88. The van der Waals surface area contributed by atoms with Gasteiger partial charge in [-0.1, -0.05) is 0 Å². The van der Waals surface area contributed by atoms with Crippen LogP contribution in [0.1, 0.15) is 13.3 Å². The molecule has 3 N–H and O–H groups in total. The molecular formula is C9H22N2O4S. The number of nitrogens with one attached hydrogen (secondary N) is 2. The Morgan fingerprint density at radius 2 is 2.06 bits per heavy atom. The van der Waals surface area contributed by atoms with Crippen LogP contribution < -0.4 is 10.0 Å². The van der Waals surface area contributed by atoms with Crippen LogP contribution in [0.25, 0.3) is 0 Å². The van der Waals surface area contributed by atoms with E-state index in [2.05, 4.69) is 10.0 Å². The van der Waals surface area contributed by atoms with E-state index in [9.17, 15) is 13.5 Å². The second-order valence-corrected chi connectivity index (χ2v) is 5.37. The van der Waals surface area contributed by atoms with E-state index in [0.29, 0.717) is 39.3 Å². The van der Waals surface area contributed by atoms with Crippen molar-refractivity contribution in [2.45, 2.75) is 19.4 Å². The van der Waals surface area contributed by atoms with Crippen molar-refractivity contribution < 1.29 is 18.3 Å². The van der Waals surface area contributed by atoms with Gasteiger partial charge in [0, 0.05) is 19.7 Å². The summed E-state index contributed by atoms with van der Waals surface area (Å²) in [5.74, 6) is 0. The Morgan fingerprint density at radius 1 is 1.38 bits per heavy atom. The Balaban J connectivity index is 3.27. The summed E-state index contributed by atoms with van der Waals surface area (Å²) < 4.78 is 28.8. The molecule has 0 aliphatic rings. The van der Waals surface area contributed by atoms with Crippen LogP contribution in [0.3, 0.4) is 0 Å². The molecule has 98 valence electrons. The van der Waals surface area contributed by atoms with Crippen molar-refractivity contribution in [2.24, 2.45) is 0 Å². The van der Waals surface area contributed by atoms with E-state index in [1.54, 1.807) is 0 Å². The molecule has 6 nitrogen and oxygen atoms in total. The van der Waals surface area contributed by atoms with Crippen molar-refractivity contribution >= 4 is 10.0 Å². The largest absolute Gasteiger partial charge is 0.389 e. The molecule has 0 aromatic carbocycles. The van der Waals surface area contributed by atoms with Crippen LogP contribution in [0.5, 0.6) is 0 Å². The van der Waals surface area contributed by atoms with E-state index in [0.717, 1.165) is 6.26 Å². The Hall–Kier alpha value is -0.210. The van der Waals surface area contributed by atoms with Crippen molar-refractivity contribution in [1.29, 1.82) is 0 Å². The average Bonchev–Trinajstić information content (AvgIpc) is 2.18. The molecule has 0 radical (unpaired) electrons. The topological polar surface area (TPSA) is 87.7 Å². The summed E-state index contributed by atoms with van der Waals surface area (Å²) in [6.07, 6.45) is 1.31. The number of sulfonamides is 1.